The highest BCUT2D eigenvalue weighted by molar-refractivity contribution is 7.09. The maximum absolute atomic E-state index is 10.1. The van der Waals surface area contributed by atoms with Gasteiger partial charge in [0.1, 0.15) is 16.9 Å². The molecule has 0 spiro atoms. The average molecular weight is 256 g/mol. The van der Waals surface area contributed by atoms with E-state index in [1.807, 2.05) is 12.3 Å². The first-order chi connectivity index (χ1) is 7.58. The van der Waals surface area contributed by atoms with Gasteiger partial charge in [-0.3, -0.25) is 0 Å². The van der Waals surface area contributed by atoms with Gasteiger partial charge in [0.05, 0.1) is 5.02 Å². The molecule has 2 rings (SSSR count). The lowest BCUT2D eigenvalue weighted by molar-refractivity contribution is 0.220. The Morgan fingerprint density at radius 3 is 2.94 bits per heavy atom. The molecule has 0 aromatic carbocycles. The third-order valence-corrected chi connectivity index (χ3v) is 3.30. The van der Waals surface area contributed by atoms with Crippen molar-refractivity contribution in [3.63, 3.8) is 0 Å². The molecule has 3 N–H and O–H groups in total. The van der Waals surface area contributed by atoms with Gasteiger partial charge in [0.25, 0.3) is 0 Å². The largest absolute Gasteiger partial charge is 0.383 e. The van der Waals surface area contributed by atoms with Gasteiger partial charge in [0.2, 0.25) is 0 Å². The van der Waals surface area contributed by atoms with Gasteiger partial charge in [-0.25, -0.2) is 9.97 Å². The smallest absolute Gasteiger partial charge is 0.134 e. The Morgan fingerprint density at radius 1 is 1.56 bits per heavy atom. The molecule has 0 saturated heterocycles. The summed E-state index contributed by atoms with van der Waals surface area (Å²) in [5, 5.41) is 13.0. The number of aromatic nitrogens is 2. The van der Waals surface area contributed by atoms with Crippen LogP contribution in [0.15, 0.2) is 17.6 Å². The molecule has 84 valence electrons. The number of rotatable bonds is 2. The Kier molecular flexibility index (Phi) is 3.09. The van der Waals surface area contributed by atoms with Gasteiger partial charge in [-0.2, -0.15) is 0 Å². The minimum atomic E-state index is -0.870. The van der Waals surface area contributed by atoms with Gasteiger partial charge in [0.15, 0.2) is 0 Å². The highest BCUT2D eigenvalue weighted by Crippen LogP contribution is 2.29. The van der Waals surface area contributed by atoms with E-state index < -0.39 is 6.10 Å². The summed E-state index contributed by atoms with van der Waals surface area (Å²) >= 11 is 7.19. The maximum atomic E-state index is 10.1. The second-order valence-electron chi connectivity index (χ2n) is 3.36. The molecule has 0 aliphatic carbocycles. The number of nitrogens with two attached hydrogens (primary N) is 1. The van der Waals surface area contributed by atoms with E-state index in [0.717, 1.165) is 5.69 Å². The van der Waals surface area contributed by atoms with Crippen molar-refractivity contribution in [1.29, 1.82) is 0 Å². The fourth-order valence-corrected chi connectivity index (χ4v) is 2.28. The quantitative estimate of drug-likeness (QED) is 0.863. The lowest BCUT2D eigenvalue weighted by Crippen LogP contribution is -2.05. The van der Waals surface area contributed by atoms with Gasteiger partial charge in [-0.15, -0.1) is 11.3 Å². The zero-order valence-corrected chi connectivity index (χ0v) is 10.1. The summed E-state index contributed by atoms with van der Waals surface area (Å²) in [5.74, 6) is 0.268. The zero-order valence-electron chi connectivity index (χ0n) is 8.51. The van der Waals surface area contributed by atoms with Crippen LogP contribution in [0.1, 0.15) is 22.4 Å². The van der Waals surface area contributed by atoms with Crippen LogP contribution in [0.4, 0.5) is 5.82 Å². The van der Waals surface area contributed by atoms with Crippen molar-refractivity contribution < 1.29 is 5.11 Å². The molecule has 0 bridgehead atoms. The third-order valence-electron chi connectivity index (χ3n) is 2.08. The van der Waals surface area contributed by atoms with E-state index in [9.17, 15) is 5.11 Å². The van der Waals surface area contributed by atoms with Crippen LogP contribution in [-0.4, -0.2) is 15.1 Å². The zero-order chi connectivity index (χ0) is 11.7. The molecule has 0 aliphatic rings. The van der Waals surface area contributed by atoms with Gasteiger partial charge in [0, 0.05) is 22.8 Å². The molecule has 0 fully saturated rings. The number of thiazole rings is 1. The molecular formula is C10H10ClN3OS. The number of aliphatic hydroxyl groups is 1. The van der Waals surface area contributed by atoms with E-state index in [2.05, 4.69) is 9.97 Å². The van der Waals surface area contributed by atoms with Crippen molar-refractivity contribution in [2.75, 3.05) is 5.73 Å². The Bertz CT molecular complexity index is 515. The van der Waals surface area contributed by atoms with E-state index in [4.69, 9.17) is 17.3 Å². The van der Waals surface area contributed by atoms with Crippen molar-refractivity contribution in [3.8, 4) is 0 Å². The van der Waals surface area contributed by atoms with Gasteiger partial charge < -0.3 is 10.8 Å². The summed E-state index contributed by atoms with van der Waals surface area (Å²) in [6, 6.07) is 1.60. The summed E-state index contributed by atoms with van der Waals surface area (Å²) in [7, 11) is 0. The predicted octanol–water partition coefficient (Wildman–Crippen LogP) is 2.16. The molecule has 4 nitrogen and oxygen atoms in total. The molecule has 2 heterocycles. The van der Waals surface area contributed by atoms with Crippen molar-refractivity contribution >= 4 is 28.8 Å². The number of pyridine rings is 1. The molecular weight excluding hydrogens is 246 g/mol. The molecule has 0 radical (unpaired) electrons. The molecule has 2 aromatic heterocycles. The molecule has 2 aromatic rings. The number of anilines is 1. The topological polar surface area (TPSA) is 72.0 Å². The van der Waals surface area contributed by atoms with Crippen LogP contribution in [0.3, 0.4) is 0 Å². The number of aliphatic hydroxyl groups excluding tert-OH is 1. The molecule has 16 heavy (non-hydrogen) atoms. The summed E-state index contributed by atoms with van der Waals surface area (Å²) in [5.41, 5.74) is 7.04. The van der Waals surface area contributed by atoms with Crippen LogP contribution in [-0.2, 0) is 0 Å². The van der Waals surface area contributed by atoms with Crippen molar-refractivity contribution in [2.24, 2.45) is 0 Å². The number of hydrogen-bond acceptors (Lipinski definition) is 5. The monoisotopic (exact) mass is 255 g/mol. The van der Waals surface area contributed by atoms with Crippen LogP contribution < -0.4 is 5.73 Å². The van der Waals surface area contributed by atoms with Crippen LogP contribution in [0.2, 0.25) is 5.02 Å². The standard InChI is InChI=1S/C10H10ClN3OS/c1-5-4-16-10(14-5)8(15)7-2-6(11)3-13-9(7)12/h2-4,8,15H,1H3,(H2,12,13). The first-order valence-corrected chi connectivity index (χ1v) is 5.84. The fraction of sp³-hybridized carbons (Fsp3) is 0.200. The number of nitrogen functional groups attached to an aromatic ring is 1. The second-order valence-corrected chi connectivity index (χ2v) is 4.68. The van der Waals surface area contributed by atoms with E-state index in [1.54, 1.807) is 6.07 Å². The van der Waals surface area contributed by atoms with E-state index in [1.165, 1.54) is 17.5 Å². The first-order valence-electron chi connectivity index (χ1n) is 4.59. The van der Waals surface area contributed by atoms with E-state index in [0.29, 0.717) is 15.6 Å². The highest BCUT2D eigenvalue weighted by Gasteiger charge is 2.17. The Morgan fingerprint density at radius 2 is 2.31 bits per heavy atom. The molecule has 1 unspecified atom stereocenters. The third kappa shape index (κ3) is 2.16. The lowest BCUT2D eigenvalue weighted by Gasteiger charge is -2.10. The number of nitrogens with zero attached hydrogens (tertiary/aromatic N) is 2. The summed E-state index contributed by atoms with van der Waals surface area (Å²) in [6.07, 6.45) is 0.574. The Labute approximate surface area is 102 Å². The van der Waals surface area contributed by atoms with Crippen LogP contribution >= 0.6 is 22.9 Å². The molecule has 0 aliphatic heterocycles. The lowest BCUT2D eigenvalue weighted by atomic mass is 10.1. The fourth-order valence-electron chi connectivity index (χ4n) is 1.32. The summed E-state index contributed by atoms with van der Waals surface area (Å²) in [6.45, 7) is 1.87. The van der Waals surface area contributed by atoms with Crippen LogP contribution in [0.25, 0.3) is 0 Å². The maximum Gasteiger partial charge on any atom is 0.134 e. The van der Waals surface area contributed by atoms with Crippen molar-refractivity contribution in [3.05, 3.63) is 38.9 Å². The van der Waals surface area contributed by atoms with E-state index >= 15 is 0 Å². The molecule has 0 saturated carbocycles. The van der Waals surface area contributed by atoms with Gasteiger partial charge in [-0.1, -0.05) is 11.6 Å². The summed E-state index contributed by atoms with van der Waals surface area (Å²) in [4.78, 5) is 8.09. The molecule has 0 amide bonds. The first kappa shape index (κ1) is 11.3. The normalized spacial score (nSPS) is 12.7. The number of halogens is 1. The predicted molar refractivity (Wildman–Crippen MR) is 64.6 cm³/mol. The van der Waals surface area contributed by atoms with Crippen LogP contribution in [0, 0.1) is 6.92 Å². The van der Waals surface area contributed by atoms with Gasteiger partial charge >= 0.3 is 0 Å². The van der Waals surface area contributed by atoms with Crippen molar-refractivity contribution in [1.82, 2.24) is 9.97 Å². The highest BCUT2D eigenvalue weighted by atomic mass is 35.5. The minimum absolute atomic E-state index is 0.268. The van der Waals surface area contributed by atoms with Crippen LogP contribution in [0.5, 0.6) is 0 Å². The number of aryl methyl sites for hydroxylation is 1. The number of hydrogen-bond donors (Lipinski definition) is 2. The van der Waals surface area contributed by atoms with Crippen molar-refractivity contribution in [2.45, 2.75) is 13.0 Å². The summed E-state index contributed by atoms with van der Waals surface area (Å²) < 4.78 is 0. The average Bonchev–Trinajstić information content (AvgIpc) is 2.67. The Balaban J connectivity index is 2.40. The molecule has 6 heteroatoms. The Hall–Kier alpha value is -1.17. The minimum Gasteiger partial charge on any atom is -0.383 e. The molecule has 1 atom stereocenters. The second kappa shape index (κ2) is 4.37. The SMILES string of the molecule is Cc1csc(C(O)c2cc(Cl)cnc2N)n1. The van der Waals surface area contributed by atoms with Gasteiger partial charge in [-0.05, 0) is 13.0 Å². The van der Waals surface area contributed by atoms with E-state index in [-0.39, 0.29) is 5.82 Å².